The first-order valence-electron chi connectivity index (χ1n) is 13.1. The largest absolute Gasteiger partial charge is 0.375 e. The molecule has 3 heterocycles. The molecule has 5 atom stereocenters. The molecule has 4 N–H and O–H groups in total. The quantitative estimate of drug-likeness (QED) is 0.404. The van der Waals surface area contributed by atoms with Crippen LogP contribution in [0.4, 0.5) is 20.6 Å². The number of nitrogens with zero attached hydrogens (tertiary/aromatic N) is 2. The van der Waals surface area contributed by atoms with Crippen LogP contribution in [0.1, 0.15) is 55.6 Å². The molecule has 37 heavy (non-hydrogen) atoms. The zero-order valence-corrected chi connectivity index (χ0v) is 20.5. The van der Waals surface area contributed by atoms with Gasteiger partial charge in [0.1, 0.15) is 11.6 Å². The van der Waals surface area contributed by atoms with E-state index in [1.165, 1.54) is 24.3 Å². The number of aromatic nitrogens is 2. The molecule has 2 aliphatic heterocycles. The van der Waals surface area contributed by atoms with Crippen molar-refractivity contribution in [2.45, 2.75) is 50.2 Å². The summed E-state index contributed by atoms with van der Waals surface area (Å²) in [6.45, 7) is 0.673. The summed E-state index contributed by atoms with van der Waals surface area (Å²) in [6, 6.07) is 13.2. The van der Waals surface area contributed by atoms with Crippen molar-refractivity contribution in [2.75, 3.05) is 17.2 Å². The van der Waals surface area contributed by atoms with E-state index in [-0.39, 0.29) is 47.7 Å². The van der Waals surface area contributed by atoms with Gasteiger partial charge in [0.15, 0.2) is 0 Å². The fraction of sp³-hybridized carbons (Fsp3) is 0.393. The fourth-order valence-electron chi connectivity index (χ4n) is 6.37. The Balaban J connectivity index is 1.22. The highest BCUT2D eigenvalue weighted by Crippen LogP contribution is 2.51. The van der Waals surface area contributed by atoms with E-state index in [4.69, 9.17) is 0 Å². The zero-order chi connectivity index (χ0) is 25.4. The molecule has 0 bridgehead atoms. The number of halogens is 1. The summed E-state index contributed by atoms with van der Waals surface area (Å²) in [5, 5.41) is 9.46. The molecule has 0 radical (unpaired) electrons. The van der Waals surface area contributed by atoms with Gasteiger partial charge in [0.05, 0.1) is 18.0 Å². The predicted molar refractivity (Wildman–Crippen MR) is 138 cm³/mol. The van der Waals surface area contributed by atoms with E-state index < -0.39 is 0 Å². The third-order valence-corrected chi connectivity index (χ3v) is 8.06. The molecule has 2 fully saturated rings. The first-order valence-corrected chi connectivity index (χ1v) is 13.1. The molecule has 3 aromatic rings. The van der Waals surface area contributed by atoms with Crippen LogP contribution >= 0.6 is 0 Å². The minimum absolute atomic E-state index is 0.00513. The molecule has 0 spiro atoms. The van der Waals surface area contributed by atoms with Gasteiger partial charge < -0.3 is 25.8 Å². The molecule has 3 amide bonds. The highest BCUT2D eigenvalue weighted by Gasteiger charge is 2.49. The Labute approximate surface area is 215 Å². The van der Waals surface area contributed by atoms with Crippen LogP contribution in [0.25, 0.3) is 0 Å². The van der Waals surface area contributed by atoms with Gasteiger partial charge >= 0.3 is 6.03 Å². The van der Waals surface area contributed by atoms with Crippen LogP contribution in [0.2, 0.25) is 0 Å². The number of rotatable bonds is 4. The summed E-state index contributed by atoms with van der Waals surface area (Å²) in [5.74, 6) is 0.543. The Bertz CT molecular complexity index is 1260. The van der Waals surface area contributed by atoms with Crippen LogP contribution < -0.4 is 16.0 Å². The number of aromatic amines is 1. The van der Waals surface area contributed by atoms with Crippen LogP contribution in [0.5, 0.6) is 0 Å². The van der Waals surface area contributed by atoms with Crippen molar-refractivity contribution in [2.24, 2.45) is 11.8 Å². The minimum atomic E-state index is -0.374. The van der Waals surface area contributed by atoms with E-state index in [2.05, 4.69) is 38.1 Å². The molecule has 8 nitrogen and oxygen atoms in total. The third kappa shape index (κ3) is 4.54. The lowest BCUT2D eigenvalue weighted by molar-refractivity contribution is -0.138. The average Bonchev–Trinajstić information content (AvgIpc) is 3.61. The average molecular weight is 503 g/mol. The Hall–Kier alpha value is -3.88. The molecule has 192 valence electrons. The van der Waals surface area contributed by atoms with E-state index in [9.17, 15) is 14.0 Å². The summed E-state index contributed by atoms with van der Waals surface area (Å²) < 4.78 is 13.2. The topological polar surface area (TPSA) is 102 Å². The van der Waals surface area contributed by atoms with Crippen LogP contribution in [0.3, 0.4) is 0 Å². The maximum Gasteiger partial charge on any atom is 0.319 e. The first kappa shape index (κ1) is 23.5. The monoisotopic (exact) mass is 502 g/mol. The van der Waals surface area contributed by atoms with E-state index in [0.717, 1.165) is 49.2 Å². The van der Waals surface area contributed by atoms with Gasteiger partial charge in [-0.1, -0.05) is 31.0 Å². The van der Waals surface area contributed by atoms with Crippen molar-refractivity contribution < 1.29 is 14.0 Å². The van der Waals surface area contributed by atoms with Crippen molar-refractivity contribution in [3.63, 3.8) is 0 Å². The molecule has 1 saturated heterocycles. The van der Waals surface area contributed by atoms with E-state index in [1.807, 2.05) is 23.2 Å². The number of H-pyrrole nitrogens is 1. The SMILES string of the molecule is O=C(Nc1ccc(F)cc1)N[C@@H]1CCCC[C@@H]1C(=O)N1CC[C@@H]2[C@H](c3ncc[nH]3)Nc3ccccc3[C@@H]21. The van der Waals surface area contributed by atoms with Crippen LogP contribution in [-0.2, 0) is 4.79 Å². The predicted octanol–water partition coefficient (Wildman–Crippen LogP) is 4.99. The second-order valence-electron chi connectivity index (χ2n) is 10.2. The van der Waals surface area contributed by atoms with Crippen molar-refractivity contribution in [1.29, 1.82) is 0 Å². The van der Waals surface area contributed by atoms with Crippen molar-refractivity contribution in [1.82, 2.24) is 20.2 Å². The van der Waals surface area contributed by atoms with Crippen LogP contribution in [0, 0.1) is 17.7 Å². The number of nitrogens with one attached hydrogen (secondary N) is 4. The first-order chi connectivity index (χ1) is 18.1. The molecular weight excluding hydrogens is 471 g/mol. The lowest BCUT2D eigenvalue weighted by Gasteiger charge is -2.41. The van der Waals surface area contributed by atoms with Gasteiger partial charge in [-0.2, -0.15) is 0 Å². The Morgan fingerprint density at radius 1 is 1.03 bits per heavy atom. The number of likely N-dealkylation sites (tertiary alicyclic amines) is 1. The second kappa shape index (κ2) is 9.88. The molecule has 0 unspecified atom stereocenters. The fourth-order valence-corrected chi connectivity index (χ4v) is 6.37. The number of carbonyl (C=O) groups is 2. The van der Waals surface area contributed by atoms with Gasteiger partial charge in [-0.05, 0) is 55.2 Å². The normalized spacial score (nSPS) is 26.5. The number of hydrogen-bond donors (Lipinski definition) is 4. The van der Waals surface area contributed by atoms with Gasteiger partial charge in [-0.25, -0.2) is 14.2 Å². The highest BCUT2D eigenvalue weighted by molar-refractivity contribution is 5.90. The maximum absolute atomic E-state index is 14.1. The Morgan fingerprint density at radius 2 is 1.84 bits per heavy atom. The number of para-hydroxylation sites is 1. The van der Waals surface area contributed by atoms with Crippen LogP contribution in [0.15, 0.2) is 60.9 Å². The van der Waals surface area contributed by atoms with E-state index in [0.29, 0.717) is 12.2 Å². The van der Waals surface area contributed by atoms with Gasteiger partial charge in [-0.3, -0.25) is 4.79 Å². The van der Waals surface area contributed by atoms with E-state index in [1.54, 1.807) is 6.20 Å². The number of urea groups is 1. The van der Waals surface area contributed by atoms with E-state index >= 15 is 0 Å². The second-order valence-corrected chi connectivity index (χ2v) is 10.2. The number of fused-ring (bicyclic) bond motifs is 3. The number of anilines is 2. The number of hydrogen-bond acceptors (Lipinski definition) is 4. The molecule has 1 saturated carbocycles. The summed E-state index contributed by atoms with van der Waals surface area (Å²) in [4.78, 5) is 36.7. The highest BCUT2D eigenvalue weighted by atomic mass is 19.1. The molecule has 1 aliphatic carbocycles. The van der Waals surface area contributed by atoms with Gasteiger partial charge in [-0.15, -0.1) is 0 Å². The third-order valence-electron chi connectivity index (χ3n) is 8.06. The van der Waals surface area contributed by atoms with Crippen molar-refractivity contribution in [3.8, 4) is 0 Å². The number of carbonyl (C=O) groups excluding carboxylic acids is 2. The van der Waals surface area contributed by atoms with Gasteiger partial charge in [0, 0.05) is 42.3 Å². The van der Waals surface area contributed by atoms with Gasteiger partial charge in [0.2, 0.25) is 5.91 Å². The molecule has 9 heteroatoms. The van der Waals surface area contributed by atoms with Crippen molar-refractivity contribution >= 4 is 23.3 Å². The number of benzene rings is 2. The summed E-state index contributed by atoms with van der Waals surface area (Å²) in [5.41, 5.74) is 2.67. The lowest BCUT2D eigenvalue weighted by atomic mass is 9.81. The smallest absolute Gasteiger partial charge is 0.319 e. The minimum Gasteiger partial charge on any atom is -0.375 e. The summed E-state index contributed by atoms with van der Waals surface area (Å²) in [7, 11) is 0. The Morgan fingerprint density at radius 3 is 2.65 bits per heavy atom. The zero-order valence-electron chi connectivity index (χ0n) is 20.5. The molecule has 6 rings (SSSR count). The standard InChI is InChI=1S/C28H31FN6O2/c29-17-9-11-18(12-10-17)32-28(37)34-23-8-4-2-6-20(23)27(36)35-16-13-21-24(26-30-14-15-31-26)33-22-7-3-1-5-19(22)25(21)35/h1,3,5,7,9-12,14-15,20-21,23-25,33H,2,4,6,8,13,16H2,(H,30,31)(H2,32,34,37)/t20-,21+,23+,24+,25-/m0/s1. The number of amides is 3. The lowest BCUT2D eigenvalue weighted by Crippen LogP contribution is -2.51. The molecular formula is C28H31FN6O2. The Kier molecular flexibility index (Phi) is 6.28. The molecule has 3 aliphatic rings. The summed E-state index contributed by atoms with van der Waals surface area (Å²) >= 11 is 0. The summed E-state index contributed by atoms with van der Waals surface area (Å²) in [6.07, 6.45) is 7.89. The molecule has 1 aromatic heterocycles. The van der Waals surface area contributed by atoms with Crippen molar-refractivity contribution in [3.05, 3.63) is 78.1 Å². The molecule has 2 aromatic carbocycles. The number of imidazole rings is 1. The van der Waals surface area contributed by atoms with Crippen LogP contribution in [-0.4, -0.2) is 39.4 Å². The van der Waals surface area contributed by atoms with Gasteiger partial charge in [0.25, 0.3) is 0 Å². The maximum atomic E-state index is 14.1.